The Hall–Kier alpha value is -3.09. The quantitative estimate of drug-likeness (QED) is 0.749. The van der Waals surface area contributed by atoms with Crippen LogP contribution in [0.2, 0.25) is 0 Å². The summed E-state index contributed by atoms with van der Waals surface area (Å²) in [5.41, 5.74) is 3.45. The maximum absolute atomic E-state index is 12.3. The summed E-state index contributed by atoms with van der Waals surface area (Å²) in [6.45, 7) is 5.56. The van der Waals surface area contributed by atoms with Crippen molar-refractivity contribution in [1.29, 1.82) is 0 Å². The number of ether oxygens (including phenoxy) is 1. The number of carbonyl (C=O) groups excluding carboxylic acids is 1. The number of nitrogens with zero attached hydrogens (tertiary/aromatic N) is 4. The summed E-state index contributed by atoms with van der Waals surface area (Å²) in [6.07, 6.45) is 5.31. The van der Waals surface area contributed by atoms with Gasteiger partial charge in [-0.1, -0.05) is 0 Å². The number of aryl methyl sites for hydroxylation is 1. The first kappa shape index (κ1) is 16.8. The third-order valence-corrected chi connectivity index (χ3v) is 4.08. The van der Waals surface area contributed by atoms with Gasteiger partial charge >= 0.3 is 0 Å². The maximum atomic E-state index is 12.3. The SMILES string of the molecule is CCn1ncc(Cn2cc(NC(=O)c3ccc(OC)cc3)cn2)c1C. The number of amides is 1. The van der Waals surface area contributed by atoms with Gasteiger partial charge in [0.2, 0.25) is 0 Å². The van der Waals surface area contributed by atoms with Gasteiger partial charge in [0.05, 0.1) is 31.7 Å². The van der Waals surface area contributed by atoms with Crippen molar-refractivity contribution < 1.29 is 9.53 Å². The molecule has 0 fully saturated rings. The fraction of sp³-hybridized carbons (Fsp3) is 0.278. The van der Waals surface area contributed by atoms with Crippen molar-refractivity contribution in [3.63, 3.8) is 0 Å². The van der Waals surface area contributed by atoms with Crippen LogP contribution in [-0.4, -0.2) is 32.6 Å². The molecule has 130 valence electrons. The highest BCUT2D eigenvalue weighted by Gasteiger charge is 2.10. The number of benzene rings is 1. The molecular formula is C18H21N5O2. The van der Waals surface area contributed by atoms with E-state index in [0.717, 1.165) is 17.8 Å². The molecule has 3 aromatic rings. The summed E-state index contributed by atoms with van der Waals surface area (Å²) in [7, 11) is 1.59. The number of methoxy groups -OCH3 is 1. The van der Waals surface area contributed by atoms with Gasteiger partial charge in [-0.15, -0.1) is 0 Å². The van der Waals surface area contributed by atoms with Gasteiger partial charge in [-0.3, -0.25) is 14.2 Å². The van der Waals surface area contributed by atoms with E-state index in [9.17, 15) is 4.79 Å². The third kappa shape index (κ3) is 3.71. The summed E-state index contributed by atoms with van der Waals surface area (Å²) < 4.78 is 8.83. The van der Waals surface area contributed by atoms with E-state index in [2.05, 4.69) is 22.4 Å². The molecule has 0 aliphatic heterocycles. The molecule has 0 saturated heterocycles. The van der Waals surface area contributed by atoms with Crippen molar-refractivity contribution in [2.45, 2.75) is 26.9 Å². The smallest absolute Gasteiger partial charge is 0.255 e. The Morgan fingerprint density at radius 2 is 1.96 bits per heavy atom. The van der Waals surface area contributed by atoms with E-state index in [1.807, 2.05) is 24.0 Å². The molecule has 0 aliphatic rings. The Morgan fingerprint density at radius 3 is 2.60 bits per heavy atom. The molecule has 0 radical (unpaired) electrons. The lowest BCUT2D eigenvalue weighted by molar-refractivity contribution is 0.102. The molecule has 0 bridgehead atoms. The van der Waals surface area contributed by atoms with E-state index in [0.29, 0.717) is 23.5 Å². The van der Waals surface area contributed by atoms with E-state index in [-0.39, 0.29) is 5.91 Å². The maximum Gasteiger partial charge on any atom is 0.255 e. The average molecular weight is 339 g/mol. The molecule has 0 aliphatic carbocycles. The normalized spacial score (nSPS) is 10.7. The Labute approximate surface area is 146 Å². The van der Waals surface area contributed by atoms with Gasteiger partial charge < -0.3 is 10.1 Å². The highest BCUT2D eigenvalue weighted by molar-refractivity contribution is 6.04. The number of nitrogens with one attached hydrogen (secondary N) is 1. The van der Waals surface area contributed by atoms with Crippen molar-refractivity contribution >= 4 is 11.6 Å². The van der Waals surface area contributed by atoms with Crippen molar-refractivity contribution in [2.75, 3.05) is 12.4 Å². The Morgan fingerprint density at radius 1 is 1.20 bits per heavy atom. The van der Waals surface area contributed by atoms with E-state index in [1.54, 1.807) is 42.3 Å². The van der Waals surface area contributed by atoms with Crippen LogP contribution in [0.4, 0.5) is 5.69 Å². The molecule has 7 nitrogen and oxygen atoms in total. The molecule has 7 heteroatoms. The first-order chi connectivity index (χ1) is 12.1. The van der Waals surface area contributed by atoms with Crippen LogP contribution in [0.5, 0.6) is 5.75 Å². The monoisotopic (exact) mass is 339 g/mol. The summed E-state index contributed by atoms with van der Waals surface area (Å²) in [5, 5.41) is 11.5. The predicted molar refractivity (Wildman–Crippen MR) is 94.9 cm³/mol. The van der Waals surface area contributed by atoms with Crippen molar-refractivity contribution in [2.24, 2.45) is 0 Å². The summed E-state index contributed by atoms with van der Waals surface area (Å²) >= 11 is 0. The fourth-order valence-electron chi connectivity index (χ4n) is 2.59. The first-order valence-corrected chi connectivity index (χ1v) is 8.10. The topological polar surface area (TPSA) is 74.0 Å². The van der Waals surface area contributed by atoms with Crippen LogP contribution in [-0.2, 0) is 13.1 Å². The predicted octanol–water partition coefficient (Wildman–Crippen LogP) is 2.72. The standard InChI is InChI=1S/C18H21N5O2/c1-4-23-13(2)15(9-20-23)11-22-12-16(10-19-22)21-18(24)14-5-7-17(25-3)8-6-14/h5-10,12H,4,11H2,1-3H3,(H,21,24). The minimum Gasteiger partial charge on any atom is -0.497 e. The number of hydrogen-bond donors (Lipinski definition) is 1. The van der Waals surface area contributed by atoms with Crippen LogP contribution in [0.1, 0.15) is 28.5 Å². The minimum absolute atomic E-state index is 0.183. The highest BCUT2D eigenvalue weighted by atomic mass is 16.5. The number of anilines is 1. The first-order valence-electron chi connectivity index (χ1n) is 8.10. The third-order valence-electron chi connectivity index (χ3n) is 4.08. The molecule has 0 spiro atoms. The highest BCUT2D eigenvalue weighted by Crippen LogP contribution is 2.15. The van der Waals surface area contributed by atoms with Gasteiger partial charge in [0.25, 0.3) is 5.91 Å². The van der Waals surface area contributed by atoms with Crippen LogP contribution >= 0.6 is 0 Å². The van der Waals surface area contributed by atoms with Crippen LogP contribution in [0.15, 0.2) is 42.9 Å². The van der Waals surface area contributed by atoms with Crippen LogP contribution in [0, 0.1) is 6.92 Å². The zero-order valence-electron chi connectivity index (χ0n) is 14.6. The Bertz CT molecular complexity index is 864. The van der Waals surface area contributed by atoms with Crippen LogP contribution in [0.3, 0.4) is 0 Å². The average Bonchev–Trinajstić information content (AvgIpc) is 3.22. The van der Waals surface area contributed by atoms with Crippen molar-refractivity contribution in [3.05, 3.63) is 59.7 Å². The largest absolute Gasteiger partial charge is 0.497 e. The molecule has 1 aromatic carbocycles. The molecule has 1 N–H and O–H groups in total. The molecule has 2 aromatic heterocycles. The second-order valence-electron chi connectivity index (χ2n) is 5.68. The molecule has 0 unspecified atom stereocenters. The minimum atomic E-state index is -0.183. The number of hydrogen-bond acceptors (Lipinski definition) is 4. The number of aromatic nitrogens is 4. The molecule has 25 heavy (non-hydrogen) atoms. The zero-order valence-corrected chi connectivity index (χ0v) is 14.6. The molecule has 3 rings (SSSR count). The van der Waals surface area contributed by atoms with E-state index >= 15 is 0 Å². The molecular weight excluding hydrogens is 318 g/mol. The van der Waals surface area contributed by atoms with Crippen LogP contribution in [0.25, 0.3) is 0 Å². The lowest BCUT2D eigenvalue weighted by atomic mass is 10.2. The Balaban J connectivity index is 1.66. The molecule has 0 saturated carbocycles. The zero-order chi connectivity index (χ0) is 17.8. The molecule has 1 amide bonds. The second kappa shape index (κ2) is 7.21. The fourth-order valence-corrected chi connectivity index (χ4v) is 2.59. The number of rotatable bonds is 6. The van der Waals surface area contributed by atoms with Gasteiger partial charge in [0, 0.05) is 29.6 Å². The van der Waals surface area contributed by atoms with Gasteiger partial charge in [0.1, 0.15) is 5.75 Å². The Kier molecular flexibility index (Phi) is 4.83. The second-order valence-corrected chi connectivity index (χ2v) is 5.68. The van der Waals surface area contributed by atoms with E-state index in [1.165, 1.54) is 0 Å². The summed E-state index contributed by atoms with van der Waals surface area (Å²) in [4.78, 5) is 12.3. The molecule has 2 heterocycles. The summed E-state index contributed by atoms with van der Waals surface area (Å²) in [6, 6.07) is 6.96. The molecule has 0 atom stereocenters. The van der Waals surface area contributed by atoms with Crippen LogP contribution < -0.4 is 10.1 Å². The summed E-state index contributed by atoms with van der Waals surface area (Å²) in [5.74, 6) is 0.532. The van der Waals surface area contributed by atoms with Gasteiger partial charge in [0.15, 0.2) is 0 Å². The van der Waals surface area contributed by atoms with Gasteiger partial charge in [-0.05, 0) is 38.1 Å². The van der Waals surface area contributed by atoms with Crippen molar-refractivity contribution in [3.8, 4) is 5.75 Å². The van der Waals surface area contributed by atoms with Crippen molar-refractivity contribution in [1.82, 2.24) is 19.6 Å². The van der Waals surface area contributed by atoms with E-state index in [4.69, 9.17) is 4.74 Å². The van der Waals surface area contributed by atoms with E-state index < -0.39 is 0 Å². The van der Waals surface area contributed by atoms with Gasteiger partial charge in [-0.2, -0.15) is 10.2 Å². The number of carbonyl (C=O) groups is 1. The lowest BCUT2D eigenvalue weighted by Gasteiger charge is -2.04. The van der Waals surface area contributed by atoms with Gasteiger partial charge in [-0.25, -0.2) is 0 Å². The lowest BCUT2D eigenvalue weighted by Crippen LogP contribution is -2.11.